The highest BCUT2D eigenvalue weighted by Crippen LogP contribution is 2.23. The number of carbonyl (C=O) groups excluding carboxylic acids is 1. The summed E-state index contributed by atoms with van der Waals surface area (Å²) in [5.74, 6) is -0.103. The number of fused-ring (bicyclic) bond motifs is 1. The number of aryl methyl sites for hydroxylation is 1. The molecule has 0 fully saturated rings. The molecule has 20 heavy (non-hydrogen) atoms. The highest BCUT2D eigenvalue weighted by atomic mass is 79.9. The molecule has 0 bridgehead atoms. The number of benzene rings is 2. The van der Waals surface area contributed by atoms with Crippen molar-refractivity contribution >= 4 is 48.4 Å². The Morgan fingerprint density at radius 1 is 1.10 bits per heavy atom. The molecule has 0 radical (unpaired) electrons. The highest BCUT2D eigenvalue weighted by Gasteiger charge is 2.18. The Bertz CT molecular complexity index is 807. The summed E-state index contributed by atoms with van der Waals surface area (Å²) >= 11 is 6.69. The number of halogens is 2. The van der Waals surface area contributed by atoms with Crippen LogP contribution in [0.15, 0.2) is 45.5 Å². The Balaban J connectivity index is 2.11. The van der Waals surface area contributed by atoms with E-state index in [4.69, 9.17) is 0 Å². The molecule has 6 heteroatoms. The van der Waals surface area contributed by atoms with E-state index in [2.05, 4.69) is 42.2 Å². The summed E-state index contributed by atoms with van der Waals surface area (Å²) in [6, 6.07) is 11.6. The van der Waals surface area contributed by atoms with E-state index in [1.165, 1.54) is 4.68 Å². The number of ketones is 1. The van der Waals surface area contributed by atoms with E-state index in [9.17, 15) is 4.79 Å². The first-order valence-electron chi connectivity index (χ1n) is 5.85. The molecule has 0 amide bonds. The van der Waals surface area contributed by atoms with Crippen LogP contribution in [0.4, 0.5) is 0 Å². The van der Waals surface area contributed by atoms with Crippen molar-refractivity contribution in [3.8, 4) is 0 Å². The van der Waals surface area contributed by atoms with Crippen LogP contribution in [0, 0.1) is 0 Å². The SMILES string of the molecule is Cn1nnc(Br)c1C(=O)c1ccc2cc(Br)ccc2c1. The van der Waals surface area contributed by atoms with Crippen molar-refractivity contribution in [3.05, 3.63) is 56.7 Å². The molecular weight excluding hydrogens is 386 g/mol. The maximum Gasteiger partial charge on any atom is 0.213 e. The van der Waals surface area contributed by atoms with E-state index in [0.717, 1.165) is 15.2 Å². The van der Waals surface area contributed by atoms with Gasteiger partial charge < -0.3 is 0 Å². The summed E-state index contributed by atoms with van der Waals surface area (Å²) in [4.78, 5) is 12.5. The summed E-state index contributed by atoms with van der Waals surface area (Å²) in [7, 11) is 1.70. The van der Waals surface area contributed by atoms with Gasteiger partial charge in [-0.15, -0.1) is 5.10 Å². The lowest BCUT2D eigenvalue weighted by molar-refractivity contribution is 0.102. The van der Waals surface area contributed by atoms with Gasteiger partial charge in [0, 0.05) is 17.1 Å². The van der Waals surface area contributed by atoms with Crippen LogP contribution >= 0.6 is 31.9 Å². The number of carbonyl (C=O) groups is 1. The molecule has 2 aromatic carbocycles. The van der Waals surface area contributed by atoms with E-state index in [0.29, 0.717) is 15.9 Å². The fraction of sp³-hybridized carbons (Fsp3) is 0.0714. The lowest BCUT2D eigenvalue weighted by Crippen LogP contribution is -2.08. The topological polar surface area (TPSA) is 47.8 Å². The van der Waals surface area contributed by atoms with Gasteiger partial charge in [0.25, 0.3) is 0 Å². The van der Waals surface area contributed by atoms with Gasteiger partial charge in [-0.25, -0.2) is 4.68 Å². The Labute approximate surface area is 132 Å². The molecule has 0 saturated carbocycles. The van der Waals surface area contributed by atoms with Crippen molar-refractivity contribution in [1.29, 1.82) is 0 Å². The predicted octanol–water partition coefficient (Wildman–Crippen LogP) is 3.72. The highest BCUT2D eigenvalue weighted by molar-refractivity contribution is 9.10. The van der Waals surface area contributed by atoms with E-state index in [1.54, 1.807) is 7.05 Å². The Kier molecular flexibility index (Phi) is 3.43. The number of aromatic nitrogens is 3. The maximum atomic E-state index is 12.5. The third kappa shape index (κ3) is 2.29. The van der Waals surface area contributed by atoms with Gasteiger partial charge in [0.15, 0.2) is 4.60 Å². The molecule has 100 valence electrons. The quantitative estimate of drug-likeness (QED) is 0.622. The zero-order valence-electron chi connectivity index (χ0n) is 10.5. The minimum absolute atomic E-state index is 0.103. The van der Waals surface area contributed by atoms with Gasteiger partial charge in [0.05, 0.1) is 0 Å². The second kappa shape index (κ2) is 5.10. The molecule has 0 aliphatic rings. The van der Waals surface area contributed by atoms with Gasteiger partial charge in [0.1, 0.15) is 5.69 Å². The normalized spacial score (nSPS) is 10.9. The summed E-state index contributed by atoms with van der Waals surface area (Å²) in [5.41, 5.74) is 1.06. The largest absolute Gasteiger partial charge is 0.287 e. The molecule has 1 aromatic heterocycles. The summed E-state index contributed by atoms with van der Waals surface area (Å²) in [6.45, 7) is 0. The van der Waals surface area contributed by atoms with E-state index in [1.807, 2.05) is 36.4 Å². The minimum Gasteiger partial charge on any atom is -0.287 e. The molecule has 1 heterocycles. The van der Waals surface area contributed by atoms with E-state index >= 15 is 0 Å². The zero-order valence-corrected chi connectivity index (χ0v) is 13.6. The van der Waals surface area contributed by atoms with Gasteiger partial charge >= 0.3 is 0 Å². The lowest BCUT2D eigenvalue weighted by Gasteiger charge is -2.04. The Morgan fingerprint density at radius 3 is 2.50 bits per heavy atom. The van der Waals surface area contributed by atoms with Crippen molar-refractivity contribution in [1.82, 2.24) is 15.0 Å². The van der Waals surface area contributed by atoms with E-state index in [-0.39, 0.29) is 5.78 Å². The van der Waals surface area contributed by atoms with Crippen molar-refractivity contribution in [3.63, 3.8) is 0 Å². The molecule has 0 atom stereocenters. The van der Waals surface area contributed by atoms with E-state index < -0.39 is 0 Å². The number of rotatable bonds is 2. The smallest absolute Gasteiger partial charge is 0.213 e. The van der Waals surface area contributed by atoms with Crippen LogP contribution in [-0.4, -0.2) is 20.8 Å². The fourth-order valence-corrected chi connectivity index (χ4v) is 2.95. The van der Waals surface area contributed by atoms with Gasteiger partial charge in [-0.2, -0.15) is 0 Å². The van der Waals surface area contributed by atoms with Crippen LogP contribution < -0.4 is 0 Å². The van der Waals surface area contributed by atoms with Crippen LogP contribution in [-0.2, 0) is 7.05 Å². The zero-order chi connectivity index (χ0) is 14.3. The first-order valence-corrected chi connectivity index (χ1v) is 7.44. The van der Waals surface area contributed by atoms with Crippen LogP contribution in [0.1, 0.15) is 16.1 Å². The number of hydrogen-bond donors (Lipinski definition) is 0. The standard InChI is InChI=1S/C14H9Br2N3O/c1-19-12(14(16)17-18-19)13(20)10-3-2-9-7-11(15)5-4-8(9)6-10/h2-7H,1H3. The maximum absolute atomic E-state index is 12.5. The second-order valence-corrected chi connectivity index (χ2v) is 6.05. The average Bonchev–Trinajstić information content (AvgIpc) is 2.77. The van der Waals surface area contributed by atoms with Crippen LogP contribution in [0.25, 0.3) is 10.8 Å². The molecular formula is C14H9Br2N3O. The third-order valence-corrected chi connectivity index (χ3v) is 4.09. The van der Waals surface area contributed by atoms with Crippen LogP contribution in [0.5, 0.6) is 0 Å². The van der Waals surface area contributed by atoms with Crippen molar-refractivity contribution in [2.45, 2.75) is 0 Å². The van der Waals surface area contributed by atoms with Gasteiger partial charge in [-0.05, 0) is 44.9 Å². The number of nitrogens with zero attached hydrogens (tertiary/aromatic N) is 3. The molecule has 4 nitrogen and oxygen atoms in total. The molecule has 3 rings (SSSR count). The van der Waals surface area contributed by atoms with Crippen molar-refractivity contribution in [2.75, 3.05) is 0 Å². The summed E-state index contributed by atoms with van der Waals surface area (Å²) in [6.07, 6.45) is 0. The van der Waals surface area contributed by atoms with Gasteiger partial charge in [-0.3, -0.25) is 4.79 Å². The van der Waals surface area contributed by atoms with Gasteiger partial charge in [-0.1, -0.05) is 39.3 Å². The summed E-state index contributed by atoms with van der Waals surface area (Å²) < 4.78 is 2.95. The minimum atomic E-state index is -0.103. The Hall–Kier alpha value is -1.53. The number of hydrogen-bond acceptors (Lipinski definition) is 3. The Morgan fingerprint density at radius 2 is 1.80 bits per heavy atom. The average molecular weight is 395 g/mol. The monoisotopic (exact) mass is 393 g/mol. The molecule has 3 aromatic rings. The van der Waals surface area contributed by atoms with Gasteiger partial charge in [0.2, 0.25) is 5.78 Å². The molecule has 0 aliphatic heterocycles. The van der Waals surface area contributed by atoms with Crippen molar-refractivity contribution < 1.29 is 4.79 Å². The van der Waals surface area contributed by atoms with Crippen LogP contribution in [0.2, 0.25) is 0 Å². The first kappa shape index (κ1) is 13.5. The van der Waals surface area contributed by atoms with Crippen molar-refractivity contribution in [2.24, 2.45) is 7.05 Å². The van der Waals surface area contributed by atoms with Crippen LogP contribution in [0.3, 0.4) is 0 Å². The second-order valence-electron chi connectivity index (χ2n) is 4.39. The predicted molar refractivity (Wildman–Crippen MR) is 83.8 cm³/mol. The molecule has 0 N–H and O–H groups in total. The molecule has 0 unspecified atom stereocenters. The molecule has 0 spiro atoms. The third-order valence-electron chi connectivity index (χ3n) is 3.07. The lowest BCUT2D eigenvalue weighted by atomic mass is 10.0. The fourth-order valence-electron chi connectivity index (χ4n) is 2.07. The first-order chi connectivity index (χ1) is 9.56. The molecule has 0 saturated heterocycles. The summed E-state index contributed by atoms with van der Waals surface area (Å²) in [5, 5.41) is 9.77. The molecule has 0 aliphatic carbocycles.